The molecule has 1 aromatic rings. The van der Waals surface area contributed by atoms with Gasteiger partial charge in [0.2, 0.25) is 0 Å². The number of rotatable bonds is 5. The molecule has 0 saturated heterocycles. The summed E-state index contributed by atoms with van der Waals surface area (Å²) in [5, 5.41) is 8.19. The third-order valence-electron chi connectivity index (χ3n) is 3.55. The van der Waals surface area contributed by atoms with Crippen LogP contribution in [0.2, 0.25) is 0 Å². The van der Waals surface area contributed by atoms with Crippen molar-refractivity contribution in [3.05, 3.63) is 17.5 Å². The fourth-order valence-corrected chi connectivity index (χ4v) is 2.73. The van der Waals surface area contributed by atoms with E-state index in [1.807, 2.05) is 11.7 Å². The maximum Gasteiger partial charge on any atom is 0.0700 e. The monoisotopic (exact) mass is 235 g/mol. The van der Waals surface area contributed by atoms with E-state index in [1.165, 1.54) is 36.9 Å². The highest BCUT2D eigenvalue weighted by atomic mass is 15.3. The Labute approximate surface area is 105 Å². The first kappa shape index (κ1) is 12.6. The van der Waals surface area contributed by atoms with Crippen molar-refractivity contribution in [1.29, 1.82) is 0 Å². The topological polar surface area (TPSA) is 29.9 Å². The Morgan fingerprint density at radius 1 is 1.41 bits per heavy atom. The molecule has 0 amide bonds. The minimum Gasteiger partial charge on any atom is -0.312 e. The van der Waals surface area contributed by atoms with E-state index in [-0.39, 0.29) is 0 Å². The lowest BCUT2D eigenvalue weighted by molar-refractivity contribution is 0.548. The van der Waals surface area contributed by atoms with Crippen LogP contribution in [0.3, 0.4) is 0 Å². The highest BCUT2D eigenvalue weighted by Gasteiger charge is 2.22. The van der Waals surface area contributed by atoms with Crippen LogP contribution in [0.4, 0.5) is 0 Å². The van der Waals surface area contributed by atoms with Crippen molar-refractivity contribution in [3.8, 4) is 0 Å². The third-order valence-corrected chi connectivity index (χ3v) is 3.55. The van der Waals surface area contributed by atoms with Crippen molar-refractivity contribution < 1.29 is 0 Å². The second-order valence-corrected chi connectivity index (χ2v) is 5.72. The molecule has 96 valence electrons. The summed E-state index contributed by atoms with van der Waals surface area (Å²) in [6.07, 6.45) is 7.59. The molecular weight excluding hydrogens is 210 g/mol. The fourth-order valence-electron chi connectivity index (χ4n) is 2.73. The van der Waals surface area contributed by atoms with Gasteiger partial charge in [0.1, 0.15) is 0 Å². The lowest BCUT2D eigenvalue weighted by atomic mass is 10.0. The van der Waals surface area contributed by atoms with Gasteiger partial charge in [0.25, 0.3) is 0 Å². The molecule has 1 aliphatic rings. The summed E-state index contributed by atoms with van der Waals surface area (Å²) in [6, 6.07) is 0. The normalized spacial score (nSPS) is 17.2. The van der Waals surface area contributed by atoms with E-state index in [0.29, 0.717) is 11.8 Å². The summed E-state index contributed by atoms with van der Waals surface area (Å²) >= 11 is 0. The van der Waals surface area contributed by atoms with Crippen molar-refractivity contribution in [2.45, 2.75) is 52.0 Å². The minimum absolute atomic E-state index is 0.710. The number of aryl methyl sites for hydroxylation is 1. The molecule has 0 spiro atoms. The zero-order valence-electron chi connectivity index (χ0n) is 11.4. The van der Waals surface area contributed by atoms with Crippen molar-refractivity contribution in [2.24, 2.45) is 13.0 Å². The van der Waals surface area contributed by atoms with Gasteiger partial charge in [0.15, 0.2) is 0 Å². The first-order valence-corrected chi connectivity index (χ1v) is 6.90. The maximum absolute atomic E-state index is 4.67. The average Bonchev–Trinajstić information content (AvgIpc) is 2.86. The van der Waals surface area contributed by atoms with Crippen LogP contribution < -0.4 is 5.32 Å². The van der Waals surface area contributed by atoms with Crippen molar-refractivity contribution in [3.63, 3.8) is 0 Å². The summed E-state index contributed by atoms with van der Waals surface area (Å²) < 4.78 is 1.97. The molecule has 0 aliphatic heterocycles. The SMILES string of the molecule is CC(C)CNCc1cn(C)nc1C1CCCC1. The first-order chi connectivity index (χ1) is 8.16. The van der Waals surface area contributed by atoms with Gasteiger partial charge in [-0.25, -0.2) is 0 Å². The van der Waals surface area contributed by atoms with Crippen molar-refractivity contribution in [2.75, 3.05) is 6.54 Å². The standard InChI is InChI=1S/C14H25N3/c1-11(2)8-15-9-13-10-17(3)16-14(13)12-6-4-5-7-12/h10-12,15H,4-9H2,1-3H3. The molecule has 1 heterocycles. The molecule has 1 aromatic heterocycles. The van der Waals surface area contributed by atoms with E-state index < -0.39 is 0 Å². The Bertz CT molecular complexity index is 348. The molecule has 1 N–H and O–H groups in total. The zero-order chi connectivity index (χ0) is 12.3. The zero-order valence-corrected chi connectivity index (χ0v) is 11.4. The second kappa shape index (κ2) is 5.67. The molecule has 0 bridgehead atoms. The van der Waals surface area contributed by atoms with Crippen molar-refractivity contribution in [1.82, 2.24) is 15.1 Å². The summed E-state index contributed by atoms with van der Waals surface area (Å²) in [4.78, 5) is 0. The lowest BCUT2D eigenvalue weighted by Crippen LogP contribution is -2.19. The van der Waals surface area contributed by atoms with Crippen LogP contribution in [0.1, 0.15) is 56.7 Å². The largest absolute Gasteiger partial charge is 0.312 e. The number of hydrogen-bond donors (Lipinski definition) is 1. The fraction of sp³-hybridized carbons (Fsp3) is 0.786. The first-order valence-electron chi connectivity index (χ1n) is 6.90. The maximum atomic E-state index is 4.67. The van der Waals surface area contributed by atoms with Gasteiger partial charge in [0, 0.05) is 31.3 Å². The number of hydrogen-bond acceptors (Lipinski definition) is 2. The van der Waals surface area contributed by atoms with Gasteiger partial charge in [-0.2, -0.15) is 5.10 Å². The van der Waals surface area contributed by atoms with E-state index in [9.17, 15) is 0 Å². The van der Waals surface area contributed by atoms with Gasteiger partial charge >= 0.3 is 0 Å². The summed E-state index contributed by atoms with van der Waals surface area (Å²) in [5.41, 5.74) is 2.75. The van der Waals surface area contributed by atoms with Crippen LogP contribution in [0.25, 0.3) is 0 Å². The predicted molar refractivity (Wildman–Crippen MR) is 71.0 cm³/mol. The molecule has 17 heavy (non-hydrogen) atoms. The highest BCUT2D eigenvalue weighted by Crippen LogP contribution is 2.34. The van der Waals surface area contributed by atoms with E-state index in [0.717, 1.165) is 13.1 Å². The Kier molecular flexibility index (Phi) is 4.21. The van der Waals surface area contributed by atoms with E-state index in [1.54, 1.807) is 0 Å². The lowest BCUT2D eigenvalue weighted by Gasteiger charge is -2.10. The summed E-state index contributed by atoms with van der Waals surface area (Å²) in [7, 11) is 2.03. The quantitative estimate of drug-likeness (QED) is 0.850. The third kappa shape index (κ3) is 3.32. The van der Waals surface area contributed by atoms with Gasteiger partial charge in [-0.15, -0.1) is 0 Å². The molecular formula is C14H25N3. The number of nitrogens with zero attached hydrogens (tertiary/aromatic N) is 2. The average molecular weight is 235 g/mol. The Morgan fingerprint density at radius 3 is 2.76 bits per heavy atom. The highest BCUT2D eigenvalue weighted by molar-refractivity contribution is 5.22. The van der Waals surface area contributed by atoms with Crippen LogP contribution in [-0.2, 0) is 13.6 Å². The van der Waals surface area contributed by atoms with Gasteiger partial charge in [0.05, 0.1) is 5.69 Å². The molecule has 1 fully saturated rings. The van der Waals surface area contributed by atoms with E-state index >= 15 is 0 Å². The van der Waals surface area contributed by atoms with Gasteiger partial charge in [-0.3, -0.25) is 4.68 Å². The molecule has 3 heteroatoms. The van der Waals surface area contributed by atoms with Crippen LogP contribution in [0.15, 0.2) is 6.20 Å². The van der Waals surface area contributed by atoms with Crippen molar-refractivity contribution >= 4 is 0 Å². The van der Waals surface area contributed by atoms with Crippen LogP contribution in [-0.4, -0.2) is 16.3 Å². The summed E-state index contributed by atoms with van der Waals surface area (Å²) in [6.45, 7) is 6.54. The predicted octanol–water partition coefficient (Wildman–Crippen LogP) is 2.82. The second-order valence-electron chi connectivity index (χ2n) is 5.72. The number of nitrogens with one attached hydrogen (secondary N) is 1. The smallest absolute Gasteiger partial charge is 0.0700 e. The molecule has 2 rings (SSSR count). The van der Waals surface area contributed by atoms with Gasteiger partial charge < -0.3 is 5.32 Å². The van der Waals surface area contributed by atoms with Crippen LogP contribution in [0, 0.1) is 5.92 Å². The molecule has 1 aliphatic carbocycles. The Hall–Kier alpha value is -0.830. The van der Waals surface area contributed by atoms with Crippen LogP contribution in [0.5, 0.6) is 0 Å². The minimum atomic E-state index is 0.710. The molecule has 1 saturated carbocycles. The van der Waals surface area contributed by atoms with Gasteiger partial charge in [-0.1, -0.05) is 26.7 Å². The van der Waals surface area contributed by atoms with E-state index in [2.05, 4.69) is 30.5 Å². The molecule has 3 nitrogen and oxygen atoms in total. The summed E-state index contributed by atoms with van der Waals surface area (Å²) in [5.74, 6) is 1.42. The van der Waals surface area contributed by atoms with E-state index in [4.69, 9.17) is 0 Å². The molecule has 0 aromatic carbocycles. The molecule has 0 radical (unpaired) electrons. The molecule has 0 unspecified atom stereocenters. The van der Waals surface area contributed by atoms with Crippen LogP contribution >= 0.6 is 0 Å². The molecule has 0 atom stereocenters. The van der Waals surface area contributed by atoms with Gasteiger partial charge in [-0.05, 0) is 25.3 Å². The Balaban J connectivity index is 1.99. The number of aromatic nitrogens is 2. The Morgan fingerprint density at radius 2 is 2.12 bits per heavy atom.